The van der Waals surface area contributed by atoms with Crippen LogP contribution in [0, 0.1) is 25.7 Å². The molecule has 1 aromatic carbocycles. The van der Waals surface area contributed by atoms with Crippen LogP contribution in [0.1, 0.15) is 42.3 Å². The monoisotopic (exact) mass is 234 g/mol. The highest BCUT2D eigenvalue weighted by atomic mass is 16.5. The molecule has 1 unspecified atom stereocenters. The van der Waals surface area contributed by atoms with Crippen molar-refractivity contribution in [3.05, 3.63) is 28.8 Å². The van der Waals surface area contributed by atoms with Gasteiger partial charge in [0.05, 0.1) is 12.7 Å². The van der Waals surface area contributed by atoms with Gasteiger partial charge in [0.1, 0.15) is 5.75 Å². The Bertz CT molecular complexity index is 419. The second-order valence-corrected chi connectivity index (χ2v) is 5.06. The first-order valence-electron chi connectivity index (χ1n) is 6.08. The van der Waals surface area contributed by atoms with Crippen LogP contribution in [0.25, 0.3) is 0 Å². The lowest BCUT2D eigenvalue weighted by Gasteiger charge is -2.18. The van der Waals surface area contributed by atoms with Crippen LogP contribution in [-0.4, -0.2) is 12.9 Å². The Morgan fingerprint density at radius 3 is 2.24 bits per heavy atom. The molecule has 0 amide bonds. The molecule has 0 N–H and O–H groups in total. The summed E-state index contributed by atoms with van der Waals surface area (Å²) in [5.74, 6) is 1.23. The summed E-state index contributed by atoms with van der Waals surface area (Å²) in [6, 6.07) is 3.95. The number of Topliss-reactive ketones (excluding diaryl/α,β-unsaturated/α-hetero) is 1. The van der Waals surface area contributed by atoms with E-state index in [1.807, 2.05) is 32.9 Å². The number of ketones is 1. The van der Waals surface area contributed by atoms with Crippen LogP contribution < -0.4 is 4.74 Å². The number of hydrogen-bond acceptors (Lipinski definition) is 2. The Morgan fingerprint density at radius 2 is 1.76 bits per heavy atom. The zero-order valence-corrected chi connectivity index (χ0v) is 11.6. The Morgan fingerprint density at radius 1 is 1.18 bits per heavy atom. The van der Waals surface area contributed by atoms with Gasteiger partial charge in [0.25, 0.3) is 0 Å². The second-order valence-electron chi connectivity index (χ2n) is 5.06. The molecule has 0 fully saturated rings. The minimum atomic E-state index is 0.0188. The molecule has 17 heavy (non-hydrogen) atoms. The molecule has 0 bridgehead atoms. The van der Waals surface area contributed by atoms with Crippen LogP contribution in [0.3, 0.4) is 0 Å². The maximum absolute atomic E-state index is 12.4. The average molecular weight is 234 g/mol. The largest absolute Gasteiger partial charge is 0.496 e. The number of rotatable bonds is 4. The third-order valence-electron chi connectivity index (χ3n) is 3.32. The molecule has 0 aromatic heterocycles. The smallest absolute Gasteiger partial charge is 0.169 e. The SMILES string of the molecule is COc1cc(C)cc(C)c1C(=O)C(C)C(C)C. The van der Waals surface area contributed by atoms with Gasteiger partial charge in [-0.05, 0) is 37.0 Å². The van der Waals surface area contributed by atoms with Gasteiger partial charge in [0.2, 0.25) is 0 Å². The van der Waals surface area contributed by atoms with Crippen molar-refractivity contribution < 1.29 is 9.53 Å². The number of methoxy groups -OCH3 is 1. The lowest BCUT2D eigenvalue weighted by atomic mass is 9.87. The van der Waals surface area contributed by atoms with Crippen molar-refractivity contribution in [2.45, 2.75) is 34.6 Å². The minimum absolute atomic E-state index is 0.0188. The highest BCUT2D eigenvalue weighted by Crippen LogP contribution is 2.28. The summed E-state index contributed by atoms with van der Waals surface area (Å²) in [6.45, 7) is 10.1. The van der Waals surface area contributed by atoms with E-state index in [2.05, 4.69) is 13.8 Å². The summed E-state index contributed by atoms with van der Waals surface area (Å²) >= 11 is 0. The highest BCUT2D eigenvalue weighted by molar-refractivity contribution is 6.01. The molecule has 0 aliphatic carbocycles. The van der Waals surface area contributed by atoms with Crippen LogP contribution in [-0.2, 0) is 0 Å². The van der Waals surface area contributed by atoms with E-state index >= 15 is 0 Å². The molecule has 1 rings (SSSR count). The van der Waals surface area contributed by atoms with Gasteiger partial charge in [0.15, 0.2) is 5.78 Å². The van der Waals surface area contributed by atoms with Gasteiger partial charge in [-0.25, -0.2) is 0 Å². The first-order chi connectivity index (χ1) is 7.88. The van der Waals surface area contributed by atoms with Crippen molar-refractivity contribution >= 4 is 5.78 Å². The zero-order chi connectivity index (χ0) is 13.2. The van der Waals surface area contributed by atoms with E-state index in [0.29, 0.717) is 11.7 Å². The van der Waals surface area contributed by atoms with Crippen LogP contribution in [0.5, 0.6) is 5.75 Å². The van der Waals surface area contributed by atoms with Gasteiger partial charge in [-0.2, -0.15) is 0 Å². The predicted octanol–water partition coefficient (Wildman–Crippen LogP) is 3.79. The number of benzene rings is 1. The molecule has 0 radical (unpaired) electrons. The fourth-order valence-electron chi connectivity index (χ4n) is 1.94. The Labute approximate surface area is 104 Å². The average Bonchev–Trinajstić information content (AvgIpc) is 2.25. The Kier molecular flexibility index (Phi) is 4.33. The van der Waals surface area contributed by atoms with Crippen LogP contribution in [0.15, 0.2) is 12.1 Å². The van der Waals surface area contributed by atoms with E-state index in [0.717, 1.165) is 16.7 Å². The van der Waals surface area contributed by atoms with Gasteiger partial charge >= 0.3 is 0 Å². The molecule has 2 heteroatoms. The summed E-state index contributed by atoms with van der Waals surface area (Å²) in [5.41, 5.74) is 2.85. The highest BCUT2D eigenvalue weighted by Gasteiger charge is 2.23. The summed E-state index contributed by atoms with van der Waals surface area (Å²) in [5, 5.41) is 0. The number of carbonyl (C=O) groups is 1. The maximum Gasteiger partial charge on any atom is 0.169 e. The summed E-state index contributed by atoms with van der Waals surface area (Å²) in [4.78, 5) is 12.4. The van der Waals surface area contributed by atoms with E-state index < -0.39 is 0 Å². The van der Waals surface area contributed by atoms with Crippen molar-refractivity contribution in [2.24, 2.45) is 11.8 Å². The molecule has 0 spiro atoms. The third-order valence-corrected chi connectivity index (χ3v) is 3.32. The van der Waals surface area contributed by atoms with Gasteiger partial charge in [-0.3, -0.25) is 4.79 Å². The topological polar surface area (TPSA) is 26.3 Å². The van der Waals surface area contributed by atoms with E-state index in [1.165, 1.54) is 0 Å². The molecule has 0 aliphatic heterocycles. The van der Waals surface area contributed by atoms with Crippen LogP contribution >= 0.6 is 0 Å². The molecule has 2 nitrogen and oxygen atoms in total. The van der Waals surface area contributed by atoms with Gasteiger partial charge in [-0.15, -0.1) is 0 Å². The van der Waals surface area contributed by atoms with Gasteiger partial charge in [-0.1, -0.05) is 26.8 Å². The number of aryl methyl sites for hydroxylation is 2. The summed E-state index contributed by atoms with van der Waals surface area (Å²) in [6.07, 6.45) is 0. The normalized spacial score (nSPS) is 12.6. The predicted molar refractivity (Wildman–Crippen MR) is 70.8 cm³/mol. The number of ether oxygens (including phenoxy) is 1. The molecule has 1 atom stereocenters. The van der Waals surface area contributed by atoms with Crippen molar-refractivity contribution in [1.29, 1.82) is 0 Å². The van der Waals surface area contributed by atoms with Crippen molar-refractivity contribution in [3.63, 3.8) is 0 Å². The molecule has 94 valence electrons. The molecule has 1 aromatic rings. The lowest BCUT2D eigenvalue weighted by molar-refractivity contribution is 0.0896. The van der Waals surface area contributed by atoms with E-state index in [9.17, 15) is 4.79 Å². The van der Waals surface area contributed by atoms with E-state index in [-0.39, 0.29) is 11.7 Å². The maximum atomic E-state index is 12.4. The minimum Gasteiger partial charge on any atom is -0.496 e. The first kappa shape index (κ1) is 13.8. The van der Waals surface area contributed by atoms with Gasteiger partial charge < -0.3 is 4.74 Å². The number of hydrogen-bond donors (Lipinski definition) is 0. The van der Waals surface area contributed by atoms with E-state index in [4.69, 9.17) is 4.74 Å². The molecular formula is C15H22O2. The molecule has 0 saturated heterocycles. The fourth-order valence-corrected chi connectivity index (χ4v) is 1.94. The molecule has 0 saturated carbocycles. The van der Waals surface area contributed by atoms with E-state index in [1.54, 1.807) is 7.11 Å². The summed E-state index contributed by atoms with van der Waals surface area (Å²) in [7, 11) is 1.62. The first-order valence-corrected chi connectivity index (χ1v) is 6.08. The van der Waals surface area contributed by atoms with Gasteiger partial charge in [0, 0.05) is 5.92 Å². The Hall–Kier alpha value is -1.31. The molecule has 0 heterocycles. The van der Waals surface area contributed by atoms with Crippen molar-refractivity contribution in [1.82, 2.24) is 0 Å². The fraction of sp³-hybridized carbons (Fsp3) is 0.533. The van der Waals surface area contributed by atoms with Crippen molar-refractivity contribution in [2.75, 3.05) is 7.11 Å². The van der Waals surface area contributed by atoms with Crippen molar-refractivity contribution in [3.8, 4) is 5.75 Å². The quantitative estimate of drug-likeness (QED) is 0.741. The van der Waals surface area contributed by atoms with Crippen LogP contribution in [0.4, 0.5) is 0 Å². The zero-order valence-electron chi connectivity index (χ0n) is 11.6. The molecule has 0 aliphatic rings. The standard InChI is InChI=1S/C15H22O2/c1-9(2)12(5)15(16)14-11(4)7-10(3)8-13(14)17-6/h7-9,12H,1-6H3. The summed E-state index contributed by atoms with van der Waals surface area (Å²) < 4.78 is 5.34. The second kappa shape index (κ2) is 5.35. The van der Waals surface area contributed by atoms with Crippen LogP contribution in [0.2, 0.25) is 0 Å². The lowest BCUT2D eigenvalue weighted by Crippen LogP contribution is -2.19. The third kappa shape index (κ3) is 2.87. The Balaban J connectivity index is 3.26. The number of carbonyl (C=O) groups excluding carboxylic acids is 1. The molecular weight excluding hydrogens is 212 g/mol.